The second-order valence-electron chi connectivity index (χ2n) is 6.69. The molecule has 5 atom stereocenters. The Hall–Kier alpha value is -3.47. The first-order chi connectivity index (χ1) is 14.8. The number of esters is 3. The van der Waals surface area contributed by atoms with E-state index in [0.717, 1.165) is 31.7 Å². The molecule has 0 unspecified atom stereocenters. The van der Waals surface area contributed by atoms with Crippen molar-refractivity contribution < 1.29 is 53.0 Å². The smallest absolute Gasteiger partial charge is 0.326 e. The molecule has 174 valence electrons. The summed E-state index contributed by atoms with van der Waals surface area (Å²) >= 11 is 0. The van der Waals surface area contributed by atoms with Gasteiger partial charge in [-0.15, -0.1) is 0 Å². The van der Waals surface area contributed by atoms with Crippen molar-refractivity contribution in [2.45, 2.75) is 51.0 Å². The third-order valence-electron chi connectivity index (χ3n) is 4.33. The highest BCUT2D eigenvalue weighted by Gasteiger charge is 2.75. The highest BCUT2D eigenvalue weighted by Crippen LogP contribution is 2.49. The number of nitrogen functional groups attached to an aromatic ring is 1. The van der Waals surface area contributed by atoms with Crippen molar-refractivity contribution in [2.75, 3.05) is 5.73 Å². The average molecular weight is 459 g/mol. The first-order valence-electron chi connectivity index (χ1n) is 8.80. The summed E-state index contributed by atoms with van der Waals surface area (Å²) in [5.41, 5.74) is 5.04. The van der Waals surface area contributed by atoms with Crippen LogP contribution >= 0.6 is 0 Å². The maximum Gasteiger partial charge on any atom is 0.326 e. The molecule has 3 heterocycles. The van der Waals surface area contributed by atoms with Gasteiger partial charge in [-0.2, -0.15) is 14.4 Å². The second-order valence-corrected chi connectivity index (χ2v) is 6.69. The molecule has 0 spiro atoms. The summed E-state index contributed by atoms with van der Waals surface area (Å²) in [6, 6.07) is 0. The molecule has 0 amide bonds. The maximum absolute atomic E-state index is 13.8. The highest BCUT2D eigenvalue weighted by atomic mass is 19.1. The molecular weight excluding hydrogens is 441 g/mol. The van der Waals surface area contributed by atoms with E-state index in [9.17, 15) is 34.1 Å². The highest BCUT2D eigenvalue weighted by molar-refractivity contribution is 5.81. The van der Waals surface area contributed by atoms with Crippen LogP contribution in [-0.2, 0) is 33.3 Å². The zero-order chi connectivity index (χ0) is 24.0. The van der Waals surface area contributed by atoms with Gasteiger partial charge in [-0.25, -0.2) is 4.98 Å². The number of aliphatic hydroxyl groups is 3. The number of carbonyl (C=O) groups is 3. The van der Waals surface area contributed by atoms with E-state index in [1.54, 1.807) is 0 Å². The quantitative estimate of drug-likeness (QED) is 0.162. The molecule has 1 aliphatic rings. The molecule has 0 bridgehead atoms. The standard InChI is InChI=1S/C16H18FN5O10/c1-5(23)29-12(26)9-15(27,31-6(2)24)16(28,32-7(3)25)13(30-9)22-4-19-8-10(18)20-14(17)21-11(8)22/h4,9,12-13,26-28H,1-3H3,(H2,18,20,21)/t9-,12-,13-,15-,16+/m1/s1. The molecule has 16 heteroatoms. The van der Waals surface area contributed by atoms with Gasteiger partial charge in [-0.1, -0.05) is 0 Å². The van der Waals surface area contributed by atoms with Gasteiger partial charge >= 0.3 is 35.6 Å². The summed E-state index contributed by atoms with van der Waals surface area (Å²) in [6.45, 7) is 2.57. The van der Waals surface area contributed by atoms with E-state index < -0.39 is 65.6 Å². The van der Waals surface area contributed by atoms with Crippen molar-refractivity contribution in [1.82, 2.24) is 19.5 Å². The SMILES string of the molecule is CC(=O)O[C@@H](O)[C@H]1O[C@@H](n2cnc3c(N)nc(F)nc32)[C@](O)(OC(C)=O)[C@]1(O)OC(C)=O. The average Bonchev–Trinajstić information content (AvgIpc) is 3.11. The molecule has 3 rings (SSSR count). The number of rotatable bonds is 5. The number of halogens is 1. The first kappa shape index (κ1) is 23.2. The van der Waals surface area contributed by atoms with Crippen LogP contribution in [0.2, 0.25) is 0 Å². The van der Waals surface area contributed by atoms with Crippen molar-refractivity contribution in [3.63, 3.8) is 0 Å². The number of carbonyl (C=O) groups excluding carboxylic acids is 3. The third-order valence-corrected chi connectivity index (χ3v) is 4.33. The van der Waals surface area contributed by atoms with Gasteiger partial charge in [-0.05, 0) is 0 Å². The molecule has 2 aromatic heterocycles. The summed E-state index contributed by atoms with van der Waals surface area (Å²) < 4.78 is 34.1. The summed E-state index contributed by atoms with van der Waals surface area (Å²) in [5, 5.41) is 32.6. The molecule has 1 aliphatic heterocycles. The van der Waals surface area contributed by atoms with Gasteiger partial charge in [0.1, 0.15) is 0 Å². The van der Waals surface area contributed by atoms with Crippen molar-refractivity contribution in [3.05, 3.63) is 12.4 Å². The van der Waals surface area contributed by atoms with Gasteiger partial charge in [0.05, 0.1) is 6.33 Å². The minimum absolute atomic E-state index is 0.166. The molecule has 0 saturated carbocycles. The molecule has 5 N–H and O–H groups in total. The Kier molecular flexibility index (Phi) is 5.73. The fourth-order valence-electron chi connectivity index (χ4n) is 3.23. The number of nitrogens with two attached hydrogens (primary N) is 1. The minimum atomic E-state index is -3.34. The van der Waals surface area contributed by atoms with Gasteiger partial charge in [0.15, 0.2) is 23.1 Å². The molecule has 1 saturated heterocycles. The van der Waals surface area contributed by atoms with E-state index in [0.29, 0.717) is 0 Å². The number of aromatic nitrogens is 4. The van der Waals surface area contributed by atoms with Gasteiger partial charge in [0, 0.05) is 20.8 Å². The topological polar surface area (TPSA) is 218 Å². The number of hydrogen-bond acceptors (Lipinski definition) is 14. The van der Waals surface area contributed by atoms with Crippen LogP contribution < -0.4 is 5.73 Å². The lowest BCUT2D eigenvalue weighted by Gasteiger charge is -2.38. The van der Waals surface area contributed by atoms with Crippen molar-refractivity contribution >= 4 is 34.9 Å². The van der Waals surface area contributed by atoms with Crippen LogP contribution in [0.4, 0.5) is 10.2 Å². The Labute approximate surface area is 177 Å². The summed E-state index contributed by atoms with van der Waals surface area (Å²) in [6.07, 6.45) is -7.04. The molecule has 1 fully saturated rings. The van der Waals surface area contributed by atoms with Crippen LogP contribution in [0, 0.1) is 6.08 Å². The molecular formula is C16H18FN5O10. The summed E-state index contributed by atoms with van der Waals surface area (Å²) in [7, 11) is 0. The van der Waals surface area contributed by atoms with Gasteiger partial charge in [0.25, 0.3) is 0 Å². The van der Waals surface area contributed by atoms with Crippen LogP contribution in [-0.4, -0.2) is 76.7 Å². The van der Waals surface area contributed by atoms with E-state index in [1.165, 1.54) is 0 Å². The largest absolute Gasteiger partial charge is 0.433 e. The van der Waals surface area contributed by atoms with Crippen molar-refractivity contribution in [3.8, 4) is 0 Å². The van der Waals surface area contributed by atoms with Crippen LogP contribution in [0.25, 0.3) is 11.2 Å². The van der Waals surface area contributed by atoms with E-state index >= 15 is 0 Å². The number of imidazole rings is 1. The predicted molar refractivity (Wildman–Crippen MR) is 94.8 cm³/mol. The number of nitrogens with zero attached hydrogens (tertiary/aromatic N) is 4. The molecule has 0 aromatic carbocycles. The fourth-order valence-corrected chi connectivity index (χ4v) is 3.23. The number of fused-ring (bicyclic) bond motifs is 1. The van der Waals surface area contributed by atoms with Crippen LogP contribution in [0.1, 0.15) is 27.0 Å². The molecule has 0 radical (unpaired) electrons. The monoisotopic (exact) mass is 459 g/mol. The Balaban J connectivity index is 2.24. The fraction of sp³-hybridized carbons (Fsp3) is 0.500. The first-order valence-corrected chi connectivity index (χ1v) is 8.80. The zero-order valence-electron chi connectivity index (χ0n) is 16.8. The Morgan fingerprint density at radius 3 is 2.31 bits per heavy atom. The third kappa shape index (κ3) is 3.68. The summed E-state index contributed by atoms with van der Waals surface area (Å²) in [5.74, 6) is -10.5. The van der Waals surface area contributed by atoms with Crippen LogP contribution in [0.15, 0.2) is 6.33 Å². The predicted octanol–water partition coefficient (Wildman–Crippen LogP) is -2.17. The number of hydrogen-bond donors (Lipinski definition) is 4. The summed E-state index contributed by atoms with van der Waals surface area (Å²) in [4.78, 5) is 45.3. The number of ether oxygens (including phenoxy) is 4. The lowest BCUT2D eigenvalue weighted by atomic mass is 10.0. The second kappa shape index (κ2) is 7.90. The molecule has 2 aromatic rings. The van der Waals surface area contributed by atoms with Gasteiger partial charge < -0.3 is 40.0 Å². The van der Waals surface area contributed by atoms with Gasteiger partial charge in [0.2, 0.25) is 12.5 Å². The minimum Gasteiger partial charge on any atom is -0.433 e. The Morgan fingerprint density at radius 1 is 1.16 bits per heavy atom. The van der Waals surface area contributed by atoms with Gasteiger partial charge in [-0.3, -0.25) is 19.0 Å². The van der Waals surface area contributed by atoms with Crippen molar-refractivity contribution in [1.29, 1.82) is 0 Å². The lowest BCUT2D eigenvalue weighted by Crippen LogP contribution is -2.64. The zero-order valence-corrected chi connectivity index (χ0v) is 16.8. The Bertz CT molecular complexity index is 1090. The van der Waals surface area contributed by atoms with Crippen molar-refractivity contribution in [2.24, 2.45) is 0 Å². The lowest BCUT2D eigenvalue weighted by molar-refractivity contribution is -0.366. The maximum atomic E-state index is 13.8. The van der Waals surface area contributed by atoms with E-state index in [4.69, 9.17) is 19.9 Å². The molecule has 15 nitrogen and oxygen atoms in total. The van der Waals surface area contributed by atoms with E-state index in [-0.39, 0.29) is 5.52 Å². The van der Waals surface area contributed by atoms with E-state index in [1.807, 2.05) is 0 Å². The molecule has 0 aliphatic carbocycles. The number of aliphatic hydroxyl groups excluding tert-OH is 1. The Morgan fingerprint density at radius 2 is 1.75 bits per heavy atom. The van der Waals surface area contributed by atoms with E-state index in [2.05, 4.69) is 19.7 Å². The number of anilines is 1. The van der Waals surface area contributed by atoms with Crippen LogP contribution in [0.3, 0.4) is 0 Å². The molecule has 32 heavy (non-hydrogen) atoms. The normalized spacial score (nSPS) is 28.3. The van der Waals surface area contributed by atoms with Crippen LogP contribution in [0.5, 0.6) is 0 Å².